The topological polar surface area (TPSA) is 370 Å². The van der Waals surface area contributed by atoms with Crippen molar-refractivity contribution in [2.24, 2.45) is 11.5 Å². The Morgan fingerprint density at radius 3 is 1.44 bits per heavy atom. The summed E-state index contributed by atoms with van der Waals surface area (Å²) in [6.45, 7) is 2.33. The molecule has 480 valence electrons. The predicted octanol–water partition coefficient (Wildman–Crippen LogP) is 5.97. The van der Waals surface area contributed by atoms with Crippen LogP contribution < -0.4 is 48.8 Å². The van der Waals surface area contributed by atoms with Gasteiger partial charge in [-0.05, 0) is 107 Å². The van der Waals surface area contributed by atoms with Gasteiger partial charge in [-0.2, -0.15) is 26.3 Å². The fraction of sp³-hybridized carbons (Fsp3) is 0.321. The van der Waals surface area contributed by atoms with Gasteiger partial charge in [0, 0.05) is 97.1 Å². The van der Waals surface area contributed by atoms with E-state index in [2.05, 4.69) is 46.5 Å². The number of nitrogens with zero attached hydrogens (tertiary/aromatic N) is 6. The van der Waals surface area contributed by atoms with Crippen molar-refractivity contribution in [2.45, 2.75) is 72.1 Å². The second kappa shape index (κ2) is 28.2. The predicted molar refractivity (Wildman–Crippen MR) is 336 cm³/mol. The molecule has 90 heavy (non-hydrogen) atoms. The van der Waals surface area contributed by atoms with E-state index in [0.29, 0.717) is 80.9 Å². The van der Waals surface area contributed by atoms with E-state index in [1.165, 1.54) is 30.3 Å². The highest BCUT2D eigenvalue weighted by Crippen LogP contribution is 2.45. The standard InChI is InChI=1S/C28H29F3N6O4S2.C21H22BrF3N6O2S.C7H9BO4S/c1-43(40,41)18-4-2-3-15(11-18)16-5-6-20(35-13-16)21(38)14-34-17-7-9-37(10-8-17)22-12-19(28(29,30)31)23-24(32)25(26(33)39)42-27(23)36-22;22-10-1-2-13(29-8-10)14(32)9-28-11-3-5-31(6-4-11)15-7-12(21(23,24)25)16-17(26)18(19(27)33)34-20(16)30-15;1-13(11,12)7-4-2-3-6(5-7)8(9)10/h2-6,11-13,17,21,34,38H,7-10,14,32H2,1H3,(H2,33,39);1-2,7-8,11,14,28,32H,3-6,9,26H2,(H2,27,33);2-5,9-10H,1H3. The van der Waals surface area contributed by atoms with E-state index in [9.17, 15) is 63.0 Å². The Balaban J connectivity index is 0.000000197. The van der Waals surface area contributed by atoms with Crippen molar-refractivity contribution in [3.8, 4) is 11.1 Å². The van der Waals surface area contributed by atoms with Crippen LogP contribution in [0.5, 0.6) is 0 Å². The summed E-state index contributed by atoms with van der Waals surface area (Å²) in [5.41, 5.74) is 22.3. The van der Waals surface area contributed by atoms with Crippen molar-refractivity contribution in [3.63, 3.8) is 0 Å². The van der Waals surface area contributed by atoms with E-state index in [1.54, 1.807) is 64.7 Å². The zero-order valence-corrected chi connectivity index (χ0v) is 52.6. The first-order chi connectivity index (χ1) is 42.2. The Hall–Kier alpha value is -7.12. The number of benzene rings is 2. The molecule has 0 aliphatic carbocycles. The number of aliphatic hydroxyl groups is 2. The van der Waals surface area contributed by atoms with Gasteiger partial charge in [-0.1, -0.05) is 30.3 Å². The number of amides is 2. The highest BCUT2D eigenvalue weighted by atomic mass is 79.9. The van der Waals surface area contributed by atoms with E-state index in [0.717, 1.165) is 51.8 Å². The number of primary amides is 2. The fourth-order valence-corrected chi connectivity index (χ4v) is 13.4. The molecule has 8 aromatic rings. The number of aromatic nitrogens is 4. The third-order valence-corrected chi connectivity index (χ3v) is 19.6. The molecule has 34 heteroatoms. The van der Waals surface area contributed by atoms with Gasteiger partial charge in [0.2, 0.25) is 0 Å². The third-order valence-electron chi connectivity index (χ3n) is 14.7. The molecule has 2 aliphatic rings. The first-order valence-electron chi connectivity index (χ1n) is 27.2. The Labute approximate surface area is 528 Å². The summed E-state index contributed by atoms with van der Waals surface area (Å²) in [4.78, 5) is 44.1. The van der Waals surface area contributed by atoms with Crippen molar-refractivity contribution >= 4 is 126 Å². The molecule has 0 bridgehead atoms. The monoisotopic (exact) mass is 1390 g/mol. The molecule has 2 fully saturated rings. The largest absolute Gasteiger partial charge is 0.488 e. The van der Waals surface area contributed by atoms with E-state index >= 15 is 0 Å². The van der Waals surface area contributed by atoms with Crippen molar-refractivity contribution < 1.29 is 73.0 Å². The summed E-state index contributed by atoms with van der Waals surface area (Å²) in [5, 5.41) is 44.6. The van der Waals surface area contributed by atoms with Crippen LogP contribution in [0.2, 0.25) is 0 Å². The number of sulfone groups is 2. The molecule has 8 heterocycles. The van der Waals surface area contributed by atoms with Crippen LogP contribution >= 0.6 is 38.6 Å². The average Bonchev–Trinajstić information content (AvgIpc) is 1.58. The lowest BCUT2D eigenvalue weighted by atomic mass is 9.80. The van der Waals surface area contributed by atoms with Crippen molar-refractivity contribution in [1.29, 1.82) is 0 Å². The number of carbonyl (C=O) groups is 2. The summed E-state index contributed by atoms with van der Waals surface area (Å²) < 4.78 is 130. The molecule has 2 unspecified atom stereocenters. The lowest BCUT2D eigenvalue weighted by molar-refractivity contribution is -0.137. The number of nitrogen functional groups attached to an aromatic ring is 2. The summed E-state index contributed by atoms with van der Waals surface area (Å²) in [5.74, 6) is -1.48. The maximum Gasteiger partial charge on any atom is 0.488 e. The van der Waals surface area contributed by atoms with Gasteiger partial charge in [0.05, 0.1) is 43.7 Å². The lowest BCUT2D eigenvalue weighted by Gasteiger charge is -2.34. The van der Waals surface area contributed by atoms with Crippen LogP contribution in [0, 0.1) is 0 Å². The molecule has 2 amide bonds. The van der Waals surface area contributed by atoms with E-state index < -0.39 is 74.3 Å². The number of hydrogen-bond donors (Lipinski definition) is 10. The number of alkyl halides is 6. The Kier molecular flexibility index (Phi) is 21.5. The van der Waals surface area contributed by atoms with E-state index in [4.69, 9.17) is 33.0 Å². The van der Waals surface area contributed by atoms with Crippen molar-refractivity contribution in [3.05, 3.63) is 134 Å². The van der Waals surface area contributed by atoms with Crippen molar-refractivity contribution in [2.75, 3.05) is 73.0 Å². The van der Waals surface area contributed by atoms with Crippen LogP contribution in [0.25, 0.3) is 31.6 Å². The fourth-order valence-electron chi connectivity index (χ4n) is 9.91. The minimum Gasteiger partial charge on any atom is -0.423 e. The smallest absolute Gasteiger partial charge is 0.423 e. The van der Waals surface area contributed by atoms with Gasteiger partial charge in [-0.25, -0.2) is 26.8 Å². The number of anilines is 4. The number of rotatable bonds is 16. The summed E-state index contributed by atoms with van der Waals surface area (Å²) in [6.07, 6.45) is -3.16. The minimum atomic E-state index is -4.71. The van der Waals surface area contributed by atoms with Gasteiger partial charge in [0.25, 0.3) is 11.8 Å². The molecule has 2 saturated heterocycles. The van der Waals surface area contributed by atoms with E-state index in [1.807, 2.05) is 0 Å². The van der Waals surface area contributed by atoms with Crippen LogP contribution in [0.1, 0.15) is 79.7 Å². The zero-order valence-electron chi connectivity index (χ0n) is 47.7. The van der Waals surface area contributed by atoms with Crippen LogP contribution in [-0.2, 0) is 32.0 Å². The average molecular weight is 1390 g/mol. The number of piperidine rings is 2. The molecule has 14 N–H and O–H groups in total. The number of pyridine rings is 4. The normalized spacial score (nSPS) is 15.2. The number of hydrogen-bond acceptors (Lipinski definition) is 22. The third kappa shape index (κ3) is 16.9. The first-order valence-corrected chi connectivity index (χ1v) is 33.5. The molecule has 10 rings (SSSR count). The number of carbonyl (C=O) groups excluding carboxylic acids is 2. The number of nitrogens with two attached hydrogens (primary N) is 4. The molecule has 2 aromatic carbocycles. The van der Waals surface area contributed by atoms with Crippen molar-refractivity contribution in [1.82, 2.24) is 30.6 Å². The number of thiophene rings is 2. The highest BCUT2D eigenvalue weighted by molar-refractivity contribution is 9.10. The van der Waals surface area contributed by atoms with Gasteiger partial charge in [-0.3, -0.25) is 19.6 Å². The highest BCUT2D eigenvalue weighted by Gasteiger charge is 2.39. The number of nitrogens with one attached hydrogen (secondary N) is 2. The minimum absolute atomic E-state index is 0.00103. The molecule has 0 spiro atoms. The van der Waals surface area contributed by atoms with Gasteiger partial charge in [0.1, 0.15) is 43.3 Å². The Morgan fingerprint density at radius 2 is 1.07 bits per heavy atom. The summed E-state index contributed by atoms with van der Waals surface area (Å²) in [6, 6.07) is 21.1. The molecular weight excluding hydrogens is 1330 g/mol. The van der Waals surface area contributed by atoms with Gasteiger partial charge in [-0.15, -0.1) is 22.7 Å². The van der Waals surface area contributed by atoms with Crippen LogP contribution in [0.3, 0.4) is 0 Å². The second-order valence-electron chi connectivity index (χ2n) is 21.1. The van der Waals surface area contributed by atoms with Crippen LogP contribution in [0.15, 0.2) is 112 Å². The summed E-state index contributed by atoms with van der Waals surface area (Å²) in [7, 11) is -8.27. The lowest BCUT2D eigenvalue weighted by Crippen LogP contribution is -2.44. The van der Waals surface area contributed by atoms with Gasteiger partial charge in [0.15, 0.2) is 19.7 Å². The first kappa shape index (κ1) is 68.8. The summed E-state index contributed by atoms with van der Waals surface area (Å²) >= 11 is 4.81. The van der Waals surface area contributed by atoms with Gasteiger partial charge >= 0.3 is 19.5 Å². The van der Waals surface area contributed by atoms with Crippen LogP contribution in [0.4, 0.5) is 49.4 Å². The number of fused-ring (bicyclic) bond motifs is 2. The van der Waals surface area contributed by atoms with E-state index in [-0.39, 0.29) is 87.1 Å². The molecular formula is C56H60BBrF6N12O10S4. The number of aliphatic hydroxyl groups excluding tert-OH is 2. The molecule has 6 aromatic heterocycles. The molecule has 2 aliphatic heterocycles. The maximum absolute atomic E-state index is 13.9. The molecule has 22 nitrogen and oxygen atoms in total. The number of halogens is 7. The molecule has 2 atom stereocenters. The Morgan fingerprint density at radius 1 is 0.644 bits per heavy atom. The maximum atomic E-state index is 13.9. The SMILES string of the molecule is CS(=O)(=O)c1cccc(-c2ccc(C(O)CNC3CCN(c4cc(C(F)(F)F)c5c(N)c(C(N)=O)sc5n4)CC3)nc2)c1.CS(=O)(=O)c1cccc(B(O)O)c1.NC(=O)c1sc2nc(N3CCC(NCC(O)c4ccc(Br)cn4)CC3)cc(C(F)(F)F)c2c1N. The van der Waals surface area contributed by atoms with Crippen LogP contribution in [-0.4, -0.2) is 140 Å². The Bertz CT molecular complexity index is 4140. The second-order valence-corrected chi connectivity index (χ2v) is 28.0. The molecule has 0 saturated carbocycles. The zero-order chi connectivity index (χ0) is 65.8. The quantitative estimate of drug-likeness (QED) is 0.0393. The molecule has 0 radical (unpaired) electrons. The van der Waals surface area contributed by atoms with Gasteiger partial charge < -0.3 is 63.6 Å².